The van der Waals surface area contributed by atoms with Crippen LogP contribution in [0.2, 0.25) is 0 Å². The Hall–Kier alpha value is -0.814. The standard InChI is InChI=1S/C6H5N3O.Mg.2H/c10-9-6-4-2-1-3-5(6)7-8-9;;;/h1-4,10H;;;/q;+2;2*-1. The molecule has 0 fully saturated rings. The normalized spacial score (nSPS) is 9.45. The Balaban J connectivity index is 0. The molecule has 0 saturated heterocycles. The van der Waals surface area contributed by atoms with Crippen molar-refractivity contribution >= 4 is 34.1 Å². The van der Waals surface area contributed by atoms with Gasteiger partial charge in [-0.05, 0) is 17.3 Å². The maximum Gasteiger partial charge on any atom is 2.00 e. The first-order valence-electron chi connectivity index (χ1n) is 2.87. The van der Waals surface area contributed by atoms with E-state index in [-0.39, 0.29) is 25.9 Å². The predicted octanol–water partition coefficient (Wildman–Crippen LogP) is 0.513. The first kappa shape index (κ1) is 8.28. The zero-order valence-electron chi connectivity index (χ0n) is 7.81. The molecule has 1 aromatic carbocycles. The number of hydrogen-bond acceptors (Lipinski definition) is 3. The second-order valence-corrected chi connectivity index (χ2v) is 1.97. The van der Waals surface area contributed by atoms with Gasteiger partial charge in [0.1, 0.15) is 11.0 Å². The van der Waals surface area contributed by atoms with Gasteiger partial charge in [-0.15, -0.1) is 5.10 Å². The van der Waals surface area contributed by atoms with E-state index < -0.39 is 0 Å². The summed E-state index contributed by atoms with van der Waals surface area (Å²) in [5, 5.41) is 16.1. The van der Waals surface area contributed by atoms with E-state index in [1.807, 2.05) is 12.1 Å². The van der Waals surface area contributed by atoms with Crippen molar-refractivity contribution in [1.29, 1.82) is 0 Å². The Morgan fingerprint density at radius 1 is 1.36 bits per heavy atom. The van der Waals surface area contributed by atoms with Crippen molar-refractivity contribution in [2.24, 2.45) is 0 Å². The van der Waals surface area contributed by atoms with Crippen molar-refractivity contribution in [2.75, 3.05) is 0 Å². The van der Waals surface area contributed by atoms with Crippen LogP contribution >= 0.6 is 0 Å². The van der Waals surface area contributed by atoms with Crippen molar-refractivity contribution in [3.8, 4) is 0 Å². The fourth-order valence-electron chi connectivity index (χ4n) is 0.857. The van der Waals surface area contributed by atoms with E-state index in [2.05, 4.69) is 10.3 Å². The Kier molecular flexibility index (Phi) is 2.30. The maximum absolute atomic E-state index is 8.95. The molecule has 0 amide bonds. The molecule has 2 rings (SSSR count). The summed E-state index contributed by atoms with van der Waals surface area (Å²) in [6.45, 7) is 0. The summed E-state index contributed by atoms with van der Waals surface area (Å²) in [4.78, 5) is 0.759. The van der Waals surface area contributed by atoms with Crippen LogP contribution in [0.4, 0.5) is 0 Å². The minimum Gasteiger partial charge on any atom is -1.00 e. The fourth-order valence-corrected chi connectivity index (χ4v) is 0.857. The van der Waals surface area contributed by atoms with Gasteiger partial charge in [0, 0.05) is 0 Å². The minimum atomic E-state index is 0. The average Bonchev–Trinajstić information content (AvgIpc) is 2.34. The summed E-state index contributed by atoms with van der Waals surface area (Å²) in [5.74, 6) is 0. The molecule has 0 aliphatic carbocycles. The van der Waals surface area contributed by atoms with Crippen LogP contribution in [0.1, 0.15) is 2.85 Å². The first-order chi connectivity index (χ1) is 4.88. The SMILES string of the molecule is On1nnc2ccccc21.[H-].[H-].[Mg+2]. The number of aromatic nitrogens is 3. The van der Waals surface area contributed by atoms with Crippen LogP contribution in [0.15, 0.2) is 24.3 Å². The van der Waals surface area contributed by atoms with Crippen molar-refractivity contribution < 1.29 is 8.06 Å². The van der Waals surface area contributed by atoms with Gasteiger partial charge < -0.3 is 8.06 Å². The van der Waals surface area contributed by atoms with Crippen LogP contribution in [0.5, 0.6) is 0 Å². The molecule has 0 radical (unpaired) electrons. The first-order valence-corrected chi connectivity index (χ1v) is 2.87. The number of para-hydroxylation sites is 1. The van der Waals surface area contributed by atoms with E-state index in [1.54, 1.807) is 12.1 Å². The van der Waals surface area contributed by atoms with Gasteiger partial charge in [0.2, 0.25) is 0 Å². The molecule has 0 saturated carbocycles. The molecule has 0 bridgehead atoms. The summed E-state index contributed by atoms with van der Waals surface area (Å²) >= 11 is 0. The zero-order chi connectivity index (χ0) is 6.97. The number of rotatable bonds is 0. The third kappa shape index (κ3) is 1.29. The molecule has 1 heterocycles. The van der Waals surface area contributed by atoms with Gasteiger partial charge in [-0.25, -0.2) is 0 Å². The third-order valence-corrected chi connectivity index (χ3v) is 1.33. The number of fused-ring (bicyclic) bond motifs is 1. The average molecular weight is 161 g/mol. The molecule has 0 aliphatic heterocycles. The van der Waals surface area contributed by atoms with Crippen LogP contribution in [0.25, 0.3) is 11.0 Å². The van der Waals surface area contributed by atoms with E-state index >= 15 is 0 Å². The predicted molar refractivity (Wildman–Crippen MR) is 42.7 cm³/mol. The van der Waals surface area contributed by atoms with Crippen LogP contribution in [-0.2, 0) is 0 Å². The van der Waals surface area contributed by atoms with Crippen LogP contribution in [0, 0.1) is 0 Å². The van der Waals surface area contributed by atoms with Crippen LogP contribution < -0.4 is 0 Å². The molecule has 1 N–H and O–H groups in total. The molecule has 0 unspecified atom stereocenters. The molecular formula is C6H7MgN3O. The zero-order valence-corrected chi connectivity index (χ0v) is 7.22. The van der Waals surface area contributed by atoms with Gasteiger partial charge in [-0.1, -0.05) is 17.0 Å². The smallest absolute Gasteiger partial charge is 1.00 e. The Morgan fingerprint density at radius 3 is 2.82 bits per heavy atom. The summed E-state index contributed by atoms with van der Waals surface area (Å²) < 4.78 is 0. The third-order valence-electron chi connectivity index (χ3n) is 1.33. The molecule has 54 valence electrons. The Morgan fingerprint density at radius 2 is 2.09 bits per heavy atom. The topological polar surface area (TPSA) is 50.9 Å². The molecule has 0 atom stereocenters. The summed E-state index contributed by atoms with van der Waals surface area (Å²) in [7, 11) is 0. The molecule has 2 aromatic rings. The van der Waals surface area contributed by atoms with Gasteiger partial charge in [-0.3, -0.25) is 0 Å². The van der Waals surface area contributed by atoms with Crippen LogP contribution in [0.3, 0.4) is 0 Å². The summed E-state index contributed by atoms with van der Waals surface area (Å²) in [5.41, 5.74) is 1.33. The van der Waals surface area contributed by atoms with E-state index in [1.165, 1.54) is 0 Å². The van der Waals surface area contributed by atoms with Gasteiger partial charge in [0.25, 0.3) is 0 Å². The molecular weight excluding hydrogens is 154 g/mol. The fraction of sp³-hybridized carbons (Fsp3) is 0. The largest absolute Gasteiger partial charge is 2.00 e. The van der Waals surface area contributed by atoms with Crippen LogP contribution in [-0.4, -0.2) is 43.4 Å². The monoisotopic (exact) mass is 161 g/mol. The van der Waals surface area contributed by atoms with Crippen molar-refractivity contribution in [1.82, 2.24) is 15.2 Å². The quantitative estimate of drug-likeness (QED) is 0.453. The van der Waals surface area contributed by atoms with Gasteiger partial charge in [-0.2, -0.15) is 0 Å². The molecule has 11 heavy (non-hydrogen) atoms. The van der Waals surface area contributed by atoms with E-state index in [0.29, 0.717) is 11.0 Å². The minimum absolute atomic E-state index is 0. The van der Waals surface area contributed by atoms with Gasteiger partial charge >= 0.3 is 23.1 Å². The molecule has 5 heteroatoms. The Bertz CT molecular complexity index is 367. The van der Waals surface area contributed by atoms with E-state index in [4.69, 9.17) is 5.21 Å². The summed E-state index contributed by atoms with van der Waals surface area (Å²) in [6, 6.07) is 7.19. The van der Waals surface area contributed by atoms with E-state index in [0.717, 1.165) is 4.85 Å². The number of benzene rings is 1. The van der Waals surface area contributed by atoms with Crippen molar-refractivity contribution in [3.05, 3.63) is 24.3 Å². The Labute approximate surface area is 81.9 Å². The number of nitrogens with zero attached hydrogens (tertiary/aromatic N) is 3. The maximum atomic E-state index is 8.95. The molecule has 4 nitrogen and oxygen atoms in total. The second-order valence-electron chi connectivity index (χ2n) is 1.97. The van der Waals surface area contributed by atoms with Gasteiger partial charge in [0.05, 0.1) is 0 Å². The number of hydrogen-bond donors (Lipinski definition) is 1. The van der Waals surface area contributed by atoms with Crippen molar-refractivity contribution in [3.63, 3.8) is 0 Å². The molecule has 0 aliphatic rings. The van der Waals surface area contributed by atoms with Crippen molar-refractivity contribution in [2.45, 2.75) is 0 Å². The summed E-state index contributed by atoms with van der Waals surface area (Å²) in [6.07, 6.45) is 0. The van der Waals surface area contributed by atoms with Gasteiger partial charge in [0.15, 0.2) is 0 Å². The molecule has 0 spiro atoms. The van der Waals surface area contributed by atoms with E-state index in [9.17, 15) is 0 Å². The second kappa shape index (κ2) is 3.06. The molecule has 1 aromatic heterocycles.